The number of ether oxygens (including phenoxy) is 2. The Balaban J connectivity index is 2.75. The number of likely N-dealkylation sites (tertiary alicyclic amines) is 1. The zero-order valence-electron chi connectivity index (χ0n) is 13.8. The largest absolute Gasteiger partial charge is 0.466 e. The molecule has 1 aliphatic heterocycles. The number of amides is 1. The molecule has 1 aliphatic rings. The second-order valence-electron chi connectivity index (χ2n) is 6.18. The number of allylic oxidation sites excluding steroid dienone is 1. The lowest BCUT2D eigenvalue weighted by Crippen LogP contribution is -2.40. The van der Waals surface area contributed by atoms with Crippen LogP contribution in [0.5, 0.6) is 0 Å². The van der Waals surface area contributed by atoms with E-state index in [0.717, 1.165) is 18.4 Å². The molecule has 1 rings (SSSR count). The van der Waals surface area contributed by atoms with Crippen LogP contribution in [0, 0.1) is 0 Å². The van der Waals surface area contributed by atoms with Gasteiger partial charge in [-0.3, -0.25) is 4.79 Å². The maximum Gasteiger partial charge on any atom is 0.410 e. The summed E-state index contributed by atoms with van der Waals surface area (Å²) in [6.07, 6.45) is 3.61. The Morgan fingerprint density at radius 3 is 2.52 bits per heavy atom. The number of carbonyl (C=O) groups excluding carboxylic acids is 2. The van der Waals surface area contributed by atoms with Gasteiger partial charge in [-0.05, 0) is 53.0 Å². The molecule has 0 N–H and O–H groups in total. The van der Waals surface area contributed by atoms with E-state index in [0.29, 0.717) is 13.2 Å². The molecule has 0 bridgehead atoms. The molecule has 1 unspecified atom stereocenters. The Hall–Kier alpha value is -1.52. The fraction of sp³-hybridized carbons (Fsp3) is 0.750. The molecule has 0 radical (unpaired) electrons. The van der Waals surface area contributed by atoms with Crippen molar-refractivity contribution >= 4 is 12.1 Å². The van der Waals surface area contributed by atoms with Crippen LogP contribution in [0.2, 0.25) is 0 Å². The Bertz CT molecular complexity index is 409. The van der Waals surface area contributed by atoms with Crippen LogP contribution in [-0.4, -0.2) is 41.8 Å². The SMILES string of the molecule is C/C=C(\CC(=O)OCC)C1CCCN1C(=O)OC(C)(C)C. The van der Waals surface area contributed by atoms with E-state index >= 15 is 0 Å². The first-order chi connectivity index (χ1) is 9.78. The highest BCUT2D eigenvalue weighted by Gasteiger charge is 2.34. The monoisotopic (exact) mass is 297 g/mol. The average molecular weight is 297 g/mol. The van der Waals surface area contributed by atoms with Crippen LogP contribution in [0.25, 0.3) is 0 Å². The first kappa shape index (κ1) is 17.5. The van der Waals surface area contributed by atoms with Crippen LogP contribution < -0.4 is 0 Å². The third-order valence-corrected chi connectivity index (χ3v) is 3.33. The molecule has 21 heavy (non-hydrogen) atoms. The average Bonchev–Trinajstić information content (AvgIpc) is 2.83. The van der Waals surface area contributed by atoms with Gasteiger partial charge in [0.1, 0.15) is 5.60 Å². The van der Waals surface area contributed by atoms with E-state index < -0.39 is 5.60 Å². The lowest BCUT2D eigenvalue weighted by Gasteiger charge is -2.29. The zero-order valence-corrected chi connectivity index (χ0v) is 13.8. The first-order valence-electron chi connectivity index (χ1n) is 7.58. The van der Waals surface area contributed by atoms with E-state index in [9.17, 15) is 9.59 Å². The number of nitrogens with zero attached hydrogens (tertiary/aromatic N) is 1. The summed E-state index contributed by atoms with van der Waals surface area (Å²) in [7, 11) is 0. The van der Waals surface area contributed by atoms with Gasteiger partial charge in [0.2, 0.25) is 0 Å². The van der Waals surface area contributed by atoms with Crippen molar-refractivity contribution in [3.63, 3.8) is 0 Å². The summed E-state index contributed by atoms with van der Waals surface area (Å²) in [5, 5.41) is 0. The fourth-order valence-corrected chi connectivity index (χ4v) is 2.48. The Morgan fingerprint density at radius 1 is 1.33 bits per heavy atom. The molecule has 120 valence electrons. The van der Waals surface area contributed by atoms with Gasteiger partial charge in [-0.1, -0.05) is 6.08 Å². The zero-order chi connectivity index (χ0) is 16.0. The summed E-state index contributed by atoms with van der Waals surface area (Å²) < 4.78 is 10.4. The molecule has 0 aromatic rings. The summed E-state index contributed by atoms with van der Waals surface area (Å²) in [5.41, 5.74) is 0.415. The Kier molecular flexibility index (Phi) is 6.24. The molecule has 0 aromatic carbocycles. The predicted molar refractivity (Wildman–Crippen MR) is 81.0 cm³/mol. The van der Waals surface area contributed by atoms with Crippen LogP contribution in [-0.2, 0) is 14.3 Å². The maximum atomic E-state index is 12.3. The highest BCUT2D eigenvalue weighted by atomic mass is 16.6. The molecule has 1 heterocycles. The van der Waals surface area contributed by atoms with Crippen LogP contribution in [0.3, 0.4) is 0 Å². The highest BCUT2D eigenvalue weighted by molar-refractivity contribution is 5.74. The Labute approximate surface area is 127 Å². The topological polar surface area (TPSA) is 55.8 Å². The number of esters is 1. The van der Waals surface area contributed by atoms with Gasteiger partial charge in [-0.15, -0.1) is 0 Å². The summed E-state index contributed by atoms with van der Waals surface area (Å²) >= 11 is 0. The van der Waals surface area contributed by atoms with E-state index in [-0.39, 0.29) is 24.5 Å². The quantitative estimate of drug-likeness (QED) is 0.590. The standard InChI is InChI=1S/C16H27NO4/c1-6-12(11-14(18)20-7-2)13-9-8-10-17(13)15(19)21-16(3,4)5/h6,13H,7-11H2,1-5H3/b12-6+. The minimum atomic E-state index is -0.512. The molecule has 0 saturated carbocycles. The van der Waals surface area contributed by atoms with Gasteiger partial charge in [-0.2, -0.15) is 0 Å². The molecule has 1 atom stereocenters. The van der Waals surface area contributed by atoms with Crippen molar-refractivity contribution in [2.75, 3.05) is 13.2 Å². The second-order valence-corrected chi connectivity index (χ2v) is 6.18. The third-order valence-electron chi connectivity index (χ3n) is 3.33. The molecule has 1 amide bonds. The molecular weight excluding hydrogens is 270 g/mol. The predicted octanol–water partition coefficient (Wildman–Crippen LogP) is 3.29. The second kappa shape index (κ2) is 7.48. The summed E-state index contributed by atoms with van der Waals surface area (Å²) in [4.78, 5) is 25.7. The minimum Gasteiger partial charge on any atom is -0.466 e. The van der Waals surface area contributed by atoms with Crippen molar-refractivity contribution in [1.82, 2.24) is 4.90 Å². The van der Waals surface area contributed by atoms with Gasteiger partial charge in [0.25, 0.3) is 0 Å². The van der Waals surface area contributed by atoms with Gasteiger partial charge in [0.15, 0.2) is 0 Å². The van der Waals surface area contributed by atoms with E-state index in [1.165, 1.54) is 0 Å². The van der Waals surface area contributed by atoms with E-state index in [1.807, 2.05) is 33.8 Å². The van der Waals surface area contributed by atoms with Crippen molar-refractivity contribution in [2.45, 2.75) is 65.5 Å². The van der Waals surface area contributed by atoms with Gasteiger partial charge < -0.3 is 14.4 Å². The maximum absolute atomic E-state index is 12.3. The molecule has 1 saturated heterocycles. The number of rotatable bonds is 4. The number of hydrogen-bond acceptors (Lipinski definition) is 4. The molecule has 0 spiro atoms. The normalized spacial score (nSPS) is 19.6. The van der Waals surface area contributed by atoms with Gasteiger partial charge in [0, 0.05) is 6.54 Å². The summed E-state index contributed by atoms with van der Waals surface area (Å²) in [6.45, 7) is 10.3. The molecule has 0 aliphatic carbocycles. The molecule has 5 heteroatoms. The van der Waals surface area contributed by atoms with Gasteiger partial charge in [0.05, 0.1) is 19.1 Å². The van der Waals surface area contributed by atoms with E-state index in [4.69, 9.17) is 9.47 Å². The summed E-state index contributed by atoms with van der Waals surface area (Å²) in [6, 6.07) is -0.0609. The van der Waals surface area contributed by atoms with Crippen molar-refractivity contribution in [1.29, 1.82) is 0 Å². The first-order valence-corrected chi connectivity index (χ1v) is 7.58. The fourth-order valence-electron chi connectivity index (χ4n) is 2.48. The lowest BCUT2D eigenvalue weighted by molar-refractivity contribution is -0.142. The molecule has 1 fully saturated rings. The minimum absolute atomic E-state index is 0.0609. The van der Waals surface area contributed by atoms with Crippen LogP contribution in [0.15, 0.2) is 11.6 Å². The summed E-state index contributed by atoms with van der Waals surface area (Å²) in [5.74, 6) is -0.248. The van der Waals surface area contributed by atoms with Crippen molar-refractivity contribution in [2.24, 2.45) is 0 Å². The number of hydrogen-bond donors (Lipinski definition) is 0. The van der Waals surface area contributed by atoms with E-state index in [2.05, 4.69) is 0 Å². The van der Waals surface area contributed by atoms with Crippen molar-refractivity contribution in [3.05, 3.63) is 11.6 Å². The van der Waals surface area contributed by atoms with E-state index in [1.54, 1.807) is 11.8 Å². The molecular formula is C16H27NO4. The smallest absolute Gasteiger partial charge is 0.410 e. The Morgan fingerprint density at radius 2 is 2.00 bits per heavy atom. The molecule has 0 aromatic heterocycles. The van der Waals surface area contributed by atoms with Crippen LogP contribution >= 0.6 is 0 Å². The van der Waals surface area contributed by atoms with Crippen molar-refractivity contribution < 1.29 is 19.1 Å². The van der Waals surface area contributed by atoms with Crippen LogP contribution in [0.1, 0.15) is 53.9 Å². The van der Waals surface area contributed by atoms with Gasteiger partial charge in [-0.25, -0.2) is 4.79 Å². The number of carbonyl (C=O) groups is 2. The third kappa shape index (κ3) is 5.40. The van der Waals surface area contributed by atoms with Crippen molar-refractivity contribution in [3.8, 4) is 0 Å². The lowest BCUT2D eigenvalue weighted by atomic mass is 10.0. The van der Waals surface area contributed by atoms with Crippen LogP contribution in [0.4, 0.5) is 4.79 Å². The van der Waals surface area contributed by atoms with Gasteiger partial charge >= 0.3 is 12.1 Å². The highest BCUT2D eigenvalue weighted by Crippen LogP contribution is 2.27. The molecule has 5 nitrogen and oxygen atoms in total.